The van der Waals surface area contributed by atoms with Crippen LogP contribution < -0.4 is 28.2 Å². The van der Waals surface area contributed by atoms with Crippen molar-refractivity contribution >= 4 is 11.2 Å². The molecule has 0 aromatic carbocycles. The first-order valence-corrected chi connectivity index (χ1v) is 12.0. The molecule has 2 heterocycles. The number of quaternary nitrogens is 1. The molecule has 2 aromatic rings. The lowest BCUT2D eigenvalue weighted by Crippen LogP contribution is -3.00. The Morgan fingerprint density at radius 1 is 1.12 bits per heavy atom. The number of aryl methyl sites for hydroxylation is 2. The van der Waals surface area contributed by atoms with E-state index in [1.54, 1.807) is 13.4 Å². The number of hydrogen-bond donors (Lipinski definition) is 0. The van der Waals surface area contributed by atoms with E-state index in [4.69, 9.17) is 0 Å². The summed E-state index contributed by atoms with van der Waals surface area (Å²) < 4.78 is 5.45. The third-order valence-electron chi connectivity index (χ3n) is 7.54. The molecule has 1 atom stereocenters. The van der Waals surface area contributed by atoms with Crippen LogP contribution in [0.15, 0.2) is 41.2 Å². The Hall–Kier alpha value is -1.93. The smallest absolute Gasteiger partial charge is 0.332 e. The summed E-state index contributed by atoms with van der Waals surface area (Å²) in [6.45, 7) is 14.0. The van der Waals surface area contributed by atoms with Gasteiger partial charge < -0.3 is 26.0 Å². The minimum atomic E-state index is -0.350. The van der Waals surface area contributed by atoms with Gasteiger partial charge >= 0.3 is 5.69 Å². The van der Waals surface area contributed by atoms with Crippen LogP contribution in [0.1, 0.15) is 51.9 Å². The second-order valence-corrected chi connectivity index (χ2v) is 9.64. The maximum Gasteiger partial charge on any atom is 0.332 e. The molecule has 0 bridgehead atoms. The molecule has 0 N–H and O–H groups in total. The van der Waals surface area contributed by atoms with Gasteiger partial charge in [0, 0.05) is 33.5 Å². The summed E-state index contributed by atoms with van der Waals surface area (Å²) >= 11 is 0. The predicted molar refractivity (Wildman–Crippen MR) is 131 cm³/mol. The predicted octanol–water partition coefficient (Wildman–Crippen LogP) is 0.376. The van der Waals surface area contributed by atoms with Crippen molar-refractivity contribution in [1.29, 1.82) is 0 Å². The van der Waals surface area contributed by atoms with Crippen LogP contribution in [0.5, 0.6) is 0 Å². The minimum Gasteiger partial charge on any atom is -1.00 e. The van der Waals surface area contributed by atoms with Gasteiger partial charge in [0.05, 0.1) is 32.0 Å². The van der Waals surface area contributed by atoms with Crippen molar-refractivity contribution in [2.75, 3.05) is 19.6 Å². The van der Waals surface area contributed by atoms with Crippen molar-refractivity contribution in [2.45, 2.75) is 64.5 Å². The molecule has 0 radical (unpaired) electrons. The highest BCUT2D eigenvalue weighted by molar-refractivity contribution is 5.69. The SMILES string of the molecule is C=CC[N+](CC=C)(CCCn1cnc2c1c(=O)n(C)c(=O)n2C)C(C)CC1CCCCC1.[Br-]. The molecule has 0 saturated heterocycles. The fraction of sp³-hybridized carbons (Fsp3) is 0.640. The normalized spacial score (nSPS) is 15.8. The molecule has 3 rings (SSSR count). The molecule has 184 valence electrons. The first kappa shape index (κ1) is 27.3. The summed E-state index contributed by atoms with van der Waals surface area (Å²) in [6, 6.07) is 0.530. The molecule has 33 heavy (non-hydrogen) atoms. The highest BCUT2D eigenvalue weighted by atomic mass is 79.9. The van der Waals surface area contributed by atoms with E-state index in [1.807, 2.05) is 16.7 Å². The van der Waals surface area contributed by atoms with Gasteiger partial charge in [-0.15, -0.1) is 0 Å². The first-order valence-electron chi connectivity index (χ1n) is 12.0. The lowest BCUT2D eigenvalue weighted by molar-refractivity contribution is -0.940. The molecule has 2 aromatic heterocycles. The van der Waals surface area contributed by atoms with E-state index < -0.39 is 0 Å². The van der Waals surface area contributed by atoms with E-state index in [2.05, 4.69) is 25.1 Å². The quantitative estimate of drug-likeness (QED) is 0.317. The zero-order valence-electron chi connectivity index (χ0n) is 20.5. The van der Waals surface area contributed by atoms with Gasteiger partial charge in [0.15, 0.2) is 11.2 Å². The lowest BCUT2D eigenvalue weighted by Gasteiger charge is -2.44. The van der Waals surface area contributed by atoms with Crippen LogP contribution in [-0.4, -0.2) is 48.8 Å². The molecule has 1 aliphatic rings. The summed E-state index contributed by atoms with van der Waals surface area (Å²) in [4.78, 5) is 29.3. The van der Waals surface area contributed by atoms with E-state index in [0.717, 1.165) is 41.0 Å². The topological polar surface area (TPSA) is 61.8 Å². The second kappa shape index (κ2) is 12.0. The van der Waals surface area contributed by atoms with Gasteiger partial charge in [0.2, 0.25) is 0 Å². The van der Waals surface area contributed by atoms with E-state index in [9.17, 15) is 9.59 Å². The first-order chi connectivity index (χ1) is 15.3. The molecular formula is C25H40BrN5O2. The number of rotatable bonds is 11. The molecule has 7 nitrogen and oxygen atoms in total. The summed E-state index contributed by atoms with van der Waals surface area (Å²) in [5, 5.41) is 0. The molecule has 0 amide bonds. The molecule has 1 saturated carbocycles. The van der Waals surface area contributed by atoms with Gasteiger partial charge in [-0.1, -0.05) is 45.3 Å². The standard InChI is InChI=1S/C25H40N5O2.BrH/c1-6-15-30(16-7-2,20(3)18-21-12-9-8-10-13-21)17-11-14-29-19-26-23-22(29)24(31)28(5)25(32)27(23)4;/h6-7,19-21H,1-2,8-18H2,3-5H3;1H/q+1;/p-1. The summed E-state index contributed by atoms with van der Waals surface area (Å²) in [5.41, 5.74) is 0.304. The molecule has 0 spiro atoms. The Bertz CT molecular complexity index is 1050. The molecule has 8 heteroatoms. The number of halogens is 1. The largest absolute Gasteiger partial charge is 1.00 e. The number of imidazole rings is 1. The van der Waals surface area contributed by atoms with Crippen molar-refractivity contribution in [3.63, 3.8) is 0 Å². The van der Waals surface area contributed by atoms with E-state index >= 15 is 0 Å². The fourth-order valence-electron chi connectivity index (χ4n) is 5.60. The van der Waals surface area contributed by atoms with Crippen LogP contribution in [0.2, 0.25) is 0 Å². The molecular weight excluding hydrogens is 482 g/mol. The molecule has 0 aliphatic heterocycles. The third kappa shape index (κ3) is 5.77. The van der Waals surface area contributed by atoms with E-state index in [1.165, 1.54) is 50.1 Å². The number of hydrogen-bond acceptors (Lipinski definition) is 3. The van der Waals surface area contributed by atoms with Crippen molar-refractivity contribution in [2.24, 2.45) is 20.0 Å². The van der Waals surface area contributed by atoms with Crippen molar-refractivity contribution in [3.8, 4) is 0 Å². The van der Waals surface area contributed by atoms with Gasteiger partial charge in [-0.3, -0.25) is 13.9 Å². The maximum atomic E-state index is 12.7. The zero-order chi connectivity index (χ0) is 23.3. The average Bonchev–Trinajstić information content (AvgIpc) is 3.21. The van der Waals surface area contributed by atoms with Gasteiger partial charge in [0.1, 0.15) is 0 Å². The second-order valence-electron chi connectivity index (χ2n) is 9.64. The monoisotopic (exact) mass is 521 g/mol. The van der Waals surface area contributed by atoms with Crippen LogP contribution in [0, 0.1) is 5.92 Å². The fourth-order valence-corrected chi connectivity index (χ4v) is 5.60. The maximum absolute atomic E-state index is 12.7. The Morgan fingerprint density at radius 3 is 2.36 bits per heavy atom. The summed E-state index contributed by atoms with van der Waals surface area (Å²) in [6.07, 6.45) is 14.8. The van der Waals surface area contributed by atoms with Gasteiger partial charge in [-0.25, -0.2) is 9.78 Å². The molecule has 1 unspecified atom stereocenters. The zero-order valence-corrected chi connectivity index (χ0v) is 22.1. The number of nitrogens with zero attached hydrogens (tertiary/aromatic N) is 5. The Morgan fingerprint density at radius 2 is 1.76 bits per heavy atom. The Labute approximate surface area is 207 Å². The van der Waals surface area contributed by atoms with Crippen molar-refractivity contribution < 1.29 is 21.5 Å². The summed E-state index contributed by atoms with van der Waals surface area (Å²) in [7, 11) is 3.18. The summed E-state index contributed by atoms with van der Waals surface area (Å²) in [5.74, 6) is 0.827. The minimum absolute atomic E-state index is 0. The van der Waals surface area contributed by atoms with Gasteiger partial charge in [-0.2, -0.15) is 0 Å². The van der Waals surface area contributed by atoms with Crippen molar-refractivity contribution in [3.05, 3.63) is 52.5 Å². The highest BCUT2D eigenvalue weighted by Crippen LogP contribution is 2.31. The highest BCUT2D eigenvalue weighted by Gasteiger charge is 2.33. The van der Waals surface area contributed by atoms with E-state index in [-0.39, 0.29) is 28.2 Å². The van der Waals surface area contributed by atoms with Crippen molar-refractivity contribution in [1.82, 2.24) is 18.7 Å². The average molecular weight is 523 g/mol. The van der Waals surface area contributed by atoms with Crippen LogP contribution in [-0.2, 0) is 20.6 Å². The van der Waals surface area contributed by atoms with Crippen LogP contribution in [0.4, 0.5) is 0 Å². The van der Waals surface area contributed by atoms with Crippen LogP contribution in [0.3, 0.4) is 0 Å². The number of aromatic nitrogens is 4. The van der Waals surface area contributed by atoms with Crippen LogP contribution >= 0.6 is 0 Å². The van der Waals surface area contributed by atoms with Gasteiger partial charge in [-0.05, 0) is 25.0 Å². The molecule has 1 aliphatic carbocycles. The van der Waals surface area contributed by atoms with Gasteiger partial charge in [0.25, 0.3) is 5.56 Å². The van der Waals surface area contributed by atoms with E-state index in [0.29, 0.717) is 23.8 Å². The Balaban J connectivity index is 0.00000385. The van der Waals surface area contributed by atoms with Crippen LogP contribution in [0.25, 0.3) is 11.2 Å². The number of fused-ring (bicyclic) bond motifs is 1. The Kier molecular flexibility index (Phi) is 9.91. The lowest BCUT2D eigenvalue weighted by atomic mass is 9.84. The molecule has 1 fully saturated rings. The third-order valence-corrected chi connectivity index (χ3v) is 7.54.